The van der Waals surface area contributed by atoms with E-state index in [-0.39, 0.29) is 0 Å². The van der Waals surface area contributed by atoms with Crippen molar-refractivity contribution in [3.63, 3.8) is 0 Å². The molecule has 20 heavy (non-hydrogen) atoms. The Labute approximate surface area is 131 Å². The summed E-state index contributed by atoms with van der Waals surface area (Å²) in [7, 11) is 0. The average molecular weight is 356 g/mol. The van der Waals surface area contributed by atoms with Crippen molar-refractivity contribution >= 4 is 44.9 Å². The van der Waals surface area contributed by atoms with Crippen LogP contribution in [0.2, 0.25) is 5.02 Å². The van der Waals surface area contributed by atoms with E-state index in [2.05, 4.69) is 38.1 Å². The molecule has 1 aromatic carbocycles. The number of hydrogen-bond donors (Lipinski definition) is 2. The number of hydrogen-bond acceptors (Lipinski definition) is 4. The summed E-state index contributed by atoms with van der Waals surface area (Å²) < 4.78 is 0.801. The van der Waals surface area contributed by atoms with Gasteiger partial charge in [0.25, 0.3) is 0 Å². The fraction of sp³-hybridized carbons (Fsp3) is 0.286. The molecule has 0 aliphatic heterocycles. The van der Waals surface area contributed by atoms with Gasteiger partial charge in [-0.15, -0.1) is 0 Å². The fourth-order valence-corrected chi connectivity index (χ4v) is 2.31. The predicted octanol–water partition coefficient (Wildman–Crippen LogP) is 4.48. The lowest BCUT2D eigenvalue weighted by Crippen LogP contribution is -2.07. The summed E-state index contributed by atoms with van der Waals surface area (Å²) in [6, 6.07) is 5.62. The molecule has 4 nitrogen and oxygen atoms in total. The normalized spacial score (nSPS) is 10.6. The van der Waals surface area contributed by atoms with E-state index in [1.807, 2.05) is 25.1 Å². The van der Waals surface area contributed by atoms with Crippen molar-refractivity contribution < 1.29 is 0 Å². The van der Waals surface area contributed by atoms with Gasteiger partial charge >= 0.3 is 0 Å². The third-order valence-electron chi connectivity index (χ3n) is 2.91. The van der Waals surface area contributed by atoms with E-state index in [0.717, 1.165) is 34.4 Å². The first kappa shape index (κ1) is 15.1. The van der Waals surface area contributed by atoms with Crippen LogP contribution in [0.3, 0.4) is 0 Å². The Morgan fingerprint density at radius 3 is 2.80 bits per heavy atom. The SMILES string of the molecule is CCCc1nc(N)c(C)c(Nc2cccc(Cl)c2Br)n1. The highest BCUT2D eigenvalue weighted by atomic mass is 79.9. The van der Waals surface area contributed by atoms with Gasteiger partial charge in [-0.25, -0.2) is 9.97 Å². The minimum absolute atomic E-state index is 0.504. The summed E-state index contributed by atoms with van der Waals surface area (Å²) in [6.07, 6.45) is 1.78. The van der Waals surface area contributed by atoms with Gasteiger partial charge in [0.1, 0.15) is 17.5 Å². The van der Waals surface area contributed by atoms with E-state index in [1.54, 1.807) is 0 Å². The highest BCUT2D eigenvalue weighted by molar-refractivity contribution is 9.10. The van der Waals surface area contributed by atoms with E-state index in [9.17, 15) is 0 Å². The molecule has 0 saturated carbocycles. The Bertz CT molecular complexity index is 631. The second-order valence-corrected chi connectivity index (χ2v) is 5.68. The van der Waals surface area contributed by atoms with Gasteiger partial charge in [0, 0.05) is 12.0 Å². The number of nitrogens with two attached hydrogens (primary N) is 1. The maximum absolute atomic E-state index is 6.09. The van der Waals surface area contributed by atoms with Crippen LogP contribution < -0.4 is 11.1 Å². The lowest BCUT2D eigenvalue weighted by Gasteiger charge is -2.13. The summed E-state index contributed by atoms with van der Waals surface area (Å²) >= 11 is 9.55. The van der Waals surface area contributed by atoms with Crippen molar-refractivity contribution in [2.75, 3.05) is 11.1 Å². The number of aromatic nitrogens is 2. The van der Waals surface area contributed by atoms with E-state index in [0.29, 0.717) is 16.7 Å². The van der Waals surface area contributed by atoms with Gasteiger partial charge in [0.05, 0.1) is 15.2 Å². The second kappa shape index (κ2) is 6.41. The van der Waals surface area contributed by atoms with Crippen LogP contribution in [-0.4, -0.2) is 9.97 Å². The van der Waals surface area contributed by atoms with Gasteiger partial charge in [-0.1, -0.05) is 24.6 Å². The van der Waals surface area contributed by atoms with Crippen molar-refractivity contribution in [2.45, 2.75) is 26.7 Å². The molecule has 3 N–H and O–H groups in total. The highest BCUT2D eigenvalue weighted by Gasteiger charge is 2.11. The maximum atomic E-state index is 6.09. The van der Waals surface area contributed by atoms with E-state index in [4.69, 9.17) is 17.3 Å². The molecule has 2 rings (SSSR count). The molecular formula is C14H16BrClN4. The van der Waals surface area contributed by atoms with Gasteiger partial charge in [0.2, 0.25) is 0 Å². The third kappa shape index (κ3) is 3.22. The topological polar surface area (TPSA) is 63.8 Å². The summed E-state index contributed by atoms with van der Waals surface area (Å²) in [5.41, 5.74) is 7.62. The standard InChI is InChI=1S/C14H16BrClN4/c1-3-5-11-19-13(17)8(2)14(20-11)18-10-7-4-6-9(16)12(10)15/h4,6-7H,3,5H2,1-2H3,(H3,17,18,19,20). The molecule has 0 spiro atoms. The minimum Gasteiger partial charge on any atom is -0.383 e. The number of benzene rings is 1. The van der Waals surface area contributed by atoms with E-state index in [1.165, 1.54) is 0 Å². The maximum Gasteiger partial charge on any atom is 0.139 e. The minimum atomic E-state index is 0.504. The molecule has 1 aromatic heterocycles. The van der Waals surface area contributed by atoms with Crippen LogP contribution in [0.25, 0.3) is 0 Å². The fourth-order valence-electron chi connectivity index (χ4n) is 1.77. The molecule has 0 saturated heterocycles. The van der Waals surface area contributed by atoms with E-state index < -0.39 is 0 Å². The molecular weight excluding hydrogens is 340 g/mol. The number of aryl methyl sites for hydroxylation is 1. The molecule has 0 unspecified atom stereocenters. The largest absolute Gasteiger partial charge is 0.383 e. The molecule has 2 aromatic rings. The van der Waals surface area contributed by atoms with Crippen LogP contribution in [0.5, 0.6) is 0 Å². The average Bonchev–Trinajstić information content (AvgIpc) is 2.41. The first-order valence-electron chi connectivity index (χ1n) is 6.37. The summed E-state index contributed by atoms with van der Waals surface area (Å²) in [6.45, 7) is 3.98. The first-order valence-corrected chi connectivity index (χ1v) is 7.54. The summed E-state index contributed by atoms with van der Waals surface area (Å²) in [5.74, 6) is 1.96. The highest BCUT2D eigenvalue weighted by Crippen LogP contribution is 2.33. The molecule has 106 valence electrons. The third-order valence-corrected chi connectivity index (χ3v) is 4.31. The lowest BCUT2D eigenvalue weighted by molar-refractivity contribution is 0.836. The van der Waals surface area contributed by atoms with Gasteiger partial charge in [-0.05, 0) is 41.4 Å². The zero-order chi connectivity index (χ0) is 14.7. The summed E-state index contributed by atoms with van der Waals surface area (Å²) in [5, 5.41) is 3.90. The second-order valence-electron chi connectivity index (χ2n) is 4.48. The molecule has 1 heterocycles. The quantitative estimate of drug-likeness (QED) is 0.848. The van der Waals surface area contributed by atoms with Crippen molar-refractivity contribution in [3.05, 3.63) is 39.1 Å². The van der Waals surface area contributed by atoms with Crippen LogP contribution in [0.1, 0.15) is 24.7 Å². The van der Waals surface area contributed by atoms with Crippen molar-refractivity contribution in [1.29, 1.82) is 0 Å². The Morgan fingerprint density at radius 1 is 1.35 bits per heavy atom. The molecule has 0 fully saturated rings. The molecule has 0 bridgehead atoms. The Morgan fingerprint density at radius 2 is 2.10 bits per heavy atom. The Hall–Kier alpha value is -1.33. The molecule has 6 heteroatoms. The van der Waals surface area contributed by atoms with Gasteiger partial charge in [-0.2, -0.15) is 0 Å². The smallest absolute Gasteiger partial charge is 0.139 e. The number of nitrogen functional groups attached to an aromatic ring is 1. The van der Waals surface area contributed by atoms with Crippen molar-refractivity contribution in [1.82, 2.24) is 9.97 Å². The van der Waals surface area contributed by atoms with Gasteiger partial charge in [-0.3, -0.25) is 0 Å². The molecule has 0 radical (unpaired) electrons. The number of anilines is 3. The molecule has 0 amide bonds. The molecule has 0 aliphatic carbocycles. The summed E-state index contributed by atoms with van der Waals surface area (Å²) in [4.78, 5) is 8.82. The van der Waals surface area contributed by atoms with Crippen LogP contribution in [0.15, 0.2) is 22.7 Å². The number of halogens is 2. The monoisotopic (exact) mass is 354 g/mol. The zero-order valence-corrected chi connectivity index (χ0v) is 13.7. The van der Waals surface area contributed by atoms with E-state index >= 15 is 0 Å². The van der Waals surface area contributed by atoms with Gasteiger partial charge in [0.15, 0.2) is 0 Å². The Kier molecular flexibility index (Phi) is 4.83. The molecule has 0 atom stereocenters. The van der Waals surface area contributed by atoms with Crippen LogP contribution in [-0.2, 0) is 6.42 Å². The zero-order valence-electron chi connectivity index (χ0n) is 11.4. The Balaban J connectivity index is 2.39. The van der Waals surface area contributed by atoms with Crippen molar-refractivity contribution in [2.24, 2.45) is 0 Å². The van der Waals surface area contributed by atoms with Crippen molar-refractivity contribution in [3.8, 4) is 0 Å². The van der Waals surface area contributed by atoms with Gasteiger partial charge < -0.3 is 11.1 Å². The lowest BCUT2D eigenvalue weighted by atomic mass is 10.2. The number of nitrogens with zero attached hydrogens (tertiary/aromatic N) is 2. The van der Waals surface area contributed by atoms with Crippen LogP contribution in [0.4, 0.5) is 17.3 Å². The number of rotatable bonds is 4. The van der Waals surface area contributed by atoms with Crippen LogP contribution in [0, 0.1) is 6.92 Å². The first-order chi connectivity index (χ1) is 9.52. The number of nitrogens with one attached hydrogen (secondary N) is 1. The predicted molar refractivity (Wildman–Crippen MR) is 87.6 cm³/mol. The van der Waals surface area contributed by atoms with Crippen LogP contribution >= 0.6 is 27.5 Å². The molecule has 0 aliphatic rings.